The van der Waals surface area contributed by atoms with Gasteiger partial charge in [-0.25, -0.2) is 4.98 Å². The molecule has 1 aromatic heterocycles. The van der Waals surface area contributed by atoms with E-state index >= 15 is 0 Å². The smallest absolute Gasteiger partial charge is 0.183 e. The number of hydrogen-bond acceptors (Lipinski definition) is 3. The Kier molecular flexibility index (Phi) is 3.96. The summed E-state index contributed by atoms with van der Waals surface area (Å²) in [7, 11) is 0. The van der Waals surface area contributed by atoms with E-state index in [0.29, 0.717) is 0 Å². The van der Waals surface area contributed by atoms with E-state index in [9.17, 15) is 0 Å². The number of halogens is 1. The van der Waals surface area contributed by atoms with Crippen LogP contribution >= 0.6 is 27.3 Å². The van der Waals surface area contributed by atoms with E-state index in [0.717, 1.165) is 22.7 Å². The topological polar surface area (TPSA) is 24.9 Å². The molecular formula is C12H13BrN2S. The molecule has 0 saturated carbocycles. The molecule has 2 nitrogen and oxygen atoms in total. The predicted molar refractivity (Wildman–Crippen MR) is 73.2 cm³/mol. The van der Waals surface area contributed by atoms with Crippen LogP contribution in [0.3, 0.4) is 0 Å². The molecule has 0 bridgehead atoms. The molecule has 1 heterocycles. The average Bonchev–Trinajstić information content (AvgIpc) is 2.64. The zero-order valence-electron chi connectivity index (χ0n) is 9.03. The van der Waals surface area contributed by atoms with Crippen molar-refractivity contribution in [2.24, 2.45) is 0 Å². The summed E-state index contributed by atoms with van der Waals surface area (Å²) >= 11 is 4.96. The quantitative estimate of drug-likeness (QED) is 0.926. The first kappa shape index (κ1) is 11.6. The molecule has 0 spiro atoms. The standard InChI is InChI=1S/C12H13BrN2S/c1-9-3-2-4-10(7-9)5-6-14-12-15-11(13)8-16-12/h2-4,7-8H,5-6H2,1H3,(H,14,15). The maximum absolute atomic E-state index is 4.28. The van der Waals surface area contributed by atoms with Gasteiger partial charge in [-0.05, 0) is 34.8 Å². The minimum absolute atomic E-state index is 0.899. The van der Waals surface area contributed by atoms with Crippen molar-refractivity contribution < 1.29 is 0 Å². The predicted octanol–water partition coefficient (Wildman–Crippen LogP) is 3.87. The van der Waals surface area contributed by atoms with Gasteiger partial charge in [-0.15, -0.1) is 11.3 Å². The van der Waals surface area contributed by atoms with Crippen molar-refractivity contribution in [3.63, 3.8) is 0 Å². The van der Waals surface area contributed by atoms with Crippen molar-refractivity contribution in [3.05, 3.63) is 45.4 Å². The maximum atomic E-state index is 4.28. The maximum Gasteiger partial charge on any atom is 0.183 e. The Morgan fingerprint density at radius 3 is 3.00 bits per heavy atom. The van der Waals surface area contributed by atoms with Gasteiger partial charge in [0.15, 0.2) is 5.13 Å². The van der Waals surface area contributed by atoms with Gasteiger partial charge < -0.3 is 5.32 Å². The number of aromatic nitrogens is 1. The number of nitrogens with one attached hydrogen (secondary N) is 1. The van der Waals surface area contributed by atoms with Crippen molar-refractivity contribution in [2.45, 2.75) is 13.3 Å². The van der Waals surface area contributed by atoms with E-state index in [1.165, 1.54) is 11.1 Å². The molecule has 84 valence electrons. The van der Waals surface area contributed by atoms with Gasteiger partial charge in [0, 0.05) is 11.9 Å². The average molecular weight is 297 g/mol. The Morgan fingerprint density at radius 2 is 2.31 bits per heavy atom. The lowest BCUT2D eigenvalue weighted by Gasteiger charge is -2.03. The van der Waals surface area contributed by atoms with Gasteiger partial charge in [0.1, 0.15) is 4.60 Å². The highest BCUT2D eigenvalue weighted by atomic mass is 79.9. The van der Waals surface area contributed by atoms with E-state index in [1.54, 1.807) is 11.3 Å². The Hall–Kier alpha value is -0.870. The van der Waals surface area contributed by atoms with Crippen LogP contribution in [0, 0.1) is 6.92 Å². The second kappa shape index (κ2) is 5.46. The first-order chi connectivity index (χ1) is 7.74. The Morgan fingerprint density at radius 1 is 1.44 bits per heavy atom. The summed E-state index contributed by atoms with van der Waals surface area (Å²) in [6.45, 7) is 3.04. The number of hydrogen-bond donors (Lipinski definition) is 1. The first-order valence-corrected chi connectivity index (χ1v) is 6.82. The lowest BCUT2D eigenvalue weighted by atomic mass is 10.1. The van der Waals surface area contributed by atoms with Gasteiger partial charge in [0.2, 0.25) is 0 Å². The van der Waals surface area contributed by atoms with Crippen molar-refractivity contribution in [2.75, 3.05) is 11.9 Å². The molecule has 0 aliphatic carbocycles. The van der Waals surface area contributed by atoms with Crippen molar-refractivity contribution >= 4 is 32.4 Å². The highest BCUT2D eigenvalue weighted by Gasteiger charge is 1.98. The van der Waals surface area contributed by atoms with E-state index in [1.807, 2.05) is 5.38 Å². The fourth-order valence-corrected chi connectivity index (χ4v) is 2.69. The third kappa shape index (κ3) is 3.32. The minimum atomic E-state index is 0.899. The van der Waals surface area contributed by atoms with Crippen LogP contribution in [0.1, 0.15) is 11.1 Å². The molecular weight excluding hydrogens is 284 g/mol. The molecule has 0 atom stereocenters. The molecule has 0 saturated heterocycles. The SMILES string of the molecule is Cc1cccc(CCNc2nc(Br)cs2)c1. The number of thiazole rings is 1. The molecule has 1 N–H and O–H groups in total. The van der Waals surface area contributed by atoms with Crippen molar-refractivity contribution in [1.29, 1.82) is 0 Å². The van der Waals surface area contributed by atoms with Crippen LogP contribution in [0.4, 0.5) is 5.13 Å². The fourth-order valence-electron chi connectivity index (χ4n) is 1.52. The number of aryl methyl sites for hydroxylation is 1. The lowest BCUT2D eigenvalue weighted by Crippen LogP contribution is -2.04. The van der Waals surface area contributed by atoms with Crippen molar-refractivity contribution in [3.8, 4) is 0 Å². The first-order valence-electron chi connectivity index (χ1n) is 5.14. The number of rotatable bonds is 4. The summed E-state index contributed by atoms with van der Waals surface area (Å²) in [4.78, 5) is 4.28. The summed E-state index contributed by atoms with van der Waals surface area (Å²) in [5.74, 6) is 0. The van der Waals surface area contributed by atoms with E-state index in [-0.39, 0.29) is 0 Å². The largest absolute Gasteiger partial charge is 0.361 e. The molecule has 1 aromatic carbocycles. The van der Waals surface area contributed by atoms with Gasteiger partial charge in [0.05, 0.1) is 0 Å². The normalized spacial score (nSPS) is 10.4. The summed E-state index contributed by atoms with van der Waals surface area (Å²) in [6.07, 6.45) is 1.03. The van der Waals surface area contributed by atoms with Gasteiger partial charge in [-0.2, -0.15) is 0 Å². The molecule has 0 amide bonds. The van der Waals surface area contributed by atoms with Gasteiger partial charge in [0.25, 0.3) is 0 Å². The lowest BCUT2D eigenvalue weighted by molar-refractivity contribution is 1.01. The molecule has 0 fully saturated rings. The Labute approximate surface area is 108 Å². The van der Waals surface area contributed by atoms with Gasteiger partial charge >= 0.3 is 0 Å². The molecule has 4 heteroatoms. The zero-order valence-corrected chi connectivity index (χ0v) is 11.4. The second-order valence-corrected chi connectivity index (χ2v) is 5.31. The third-order valence-electron chi connectivity index (χ3n) is 2.25. The van der Waals surface area contributed by atoms with Crippen molar-refractivity contribution in [1.82, 2.24) is 4.98 Å². The minimum Gasteiger partial charge on any atom is -0.361 e. The van der Waals surface area contributed by atoms with Crippen LogP contribution < -0.4 is 5.32 Å². The van der Waals surface area contributed by atoms with Crippen LogP contribution in [0.25, 0.3) is 0 Å². The Bertz CT molecular complexity index is 468. The number of benzene rings is 1. The van der Waals surface area contributed by atoms with Crippen LogP contribution in [0.5, 0.6) is 0 Å². The molecule has 0 aliphatic heterocycles. The summed E-state index contributed by atoms with van der Waals surface area (Å²) in [5, 5.41) is 6.26. The van der Waals surface area contributed by atoms with Crippen LogP contribution in [0.15, 0.2) is 34.2 Å². The van der Waals surface area contributed by atoms with E-state index in [2.05, 4.69) is 57.4 Å². The monoisotopic (exact) mass is 296 g/mol. The highest BCUT2D eigenvalue weighted by molar-refractivity contribution is 9.10. The molecule has 2 rings (SSSR count). The summed E-state index contributed by atoms with van der Waals surface area (Å²) in [6, 6.07) is 8.60. The van der Waals surface area contributed by atoms with E-state index < -0.39 is 0 Å². The fraction of sp³-hybridized carbons (Fsp3) is 0.250. The molecule has 0 radical (unpaired) electrons. The number of nitrogens with zero attached hydrogens (tertiary/aromatic N) is 1. The van der Waals surface area contributed by atoms with Gasteiger partial charge in [-0.3, -0.25) is 0 Å². The van der Waals surface area contributed by atoms with Crippen LogP contribution in [0.2, 0.25) is 0 Å². The molecule has 2 aromatic rings. The third-order valence-corrected chi connectivity index (χ3v) is 3.76. The highest BCUT2D eigenvalue weighted by Crippen LogP contribution is 2.19. The molecule has 16 heavy (non-hydrogen) atoms. The van der Waals surface area contributed by atoms with Gasteiger partial charge in [-0.1, -0.05) is 29.8 Å². The van der Waals surface area contributed by atoms with E-state index in [4.69, 9.17) is 0 Å². The van der Waals surface area contributed by atoms with Crippen LogP contribution in [-0.4, -0.2) is 11.5 Å². The zero-order chi connectivity index (χ0) is 11.4. The summed E-state index contributed by atoms with van der Waals surface area (Å²) < 4.78 is 0.899. The van der Waals surface area contributed by atoms with Crippen LogP contribution in [-0.2, 0) is 6.42 Å². The molecule has 0 unspecified atom stereocenters. The number of anilines is 1. The molecule has 0 aliphatic rings. The second-order valence-electron chi connectivity index (χ2n) is 3.64. The summed E-state index contributed by atoms with van der Waals surface area (Å²) in [5.41, 5.74) is 2.68. The Balaban J connectivity index is 1.84.